The van der Waals surface area contributed by atoms with Gasteiger partial charge in [-0.1, -0.05) is 0 Å². The number of benzene rings is 1. The van der Waals surface area contributed by atoms with Gasteiger partial charge in [0.05, 0.1) is 30.2 Å². The molecule has 8 heteroatoms. The van der Waals surface area contributed by atoms with Gasteiger partial charge in [0.25, 0.3) is 0 Å². The van der Waals surface area contributed by atoms with Crippen LogP contribution in [0.3, 0.4) is 0 Å². The van der Waals surface area contributed by atoms with Gasteiger partial charge in [-0.3, -0.25) is 0 Å². The molecule has 0 N–H and O–H groups in total. The minimum Gasteiger partial charge on any atom is -0.490 e. The zero-order chi connectivity index (χ0) is 20.2. The molecule has 3 heterocycles. The summed E-state index contributed by atoms with van der Waals surface area (Å²) in [4.78, 5) is 19.3. The zero-order valence-corrected chi connectivity index (χ0v) is 16.8. The van der Waals surface area contributed by atoms with E-state index in [1.54, 1.807) is 24.8 Å². The average Bonchev–Trinajstić information content (AvgIpc) is 2.81. The van der Waals surface area contributed by atoms with E-state index in [-0.39, 0.29) is 12.2 Å². The van der Waals surface area contributed by atoms with Crippen molar-refractivity contribution in [3.63, 3.8) is 0 Å². The number of fused-ring (bicyclic) bond motifs is 1. The van der Waals surface area contributed by atoms with E-state index in [2.05, 4.69) is 37.0 Å². The number of nitrogens with zero attached hydrogens (tertiary/aromatic N) is 5. The van der Waals surface area contributed by atoms with Gasteiger partial charge in [0.15, 0.2) is 0 Å². The summed E-state index contributed by atoms with van der Waals surface area (Å²) in [6.07, 6.45) is 10.8. The lowest BCUT2D eigenvalue weighted by Crippen LogP contribution is -2.36. The predicted octanol–water partition coefficient (Wildman–Crippen LogP) is 3.03. The van der Waals surface area contributed by atoms with E-state index in [4.69, 9.17) is 14.2 Å². The second kappa shape index (κ2) is 8.79. The van der Waals surface area contributed by atoms with Gasteiger partial charge in [0, 0.05) is 43.4 Å². The first-order chi connectivity index (χ1) is 14.8. The molecule has 0 amide bonds. The second-order valence-corrected chi connectivity index (χ2v) is 7.66. The minimum atomic E-state index is 0.131. The highest BCUT2D eigenvalue weighted by atomic mass is 16.5. The Labute approximate surface area is 175 Å². The molecule has 2 aliphatic rings. The summed E-state index contributed by atoms with van der Waals surface area (Å²) >= 11 is 0. The first-order valence-electron chi connectivity index (χ1n) is 10.5. The Bertz CT molecular complexity index is 973. The van der Waals surface area contributed by atoms with Crippen molar-refractivity contribution in [3.05, 3.63) is 43.1 Å². The van der Waals surface area contributed by atoms with Crippen molar-refractivity contribution in [2.24, 2.45) is 0 Å². The van der Waals surface area contributed by atoms with Crippen molar-refractivity contribution >= 4 is 16.6 Å². The molecule has 3 aromatic rings. The third kappa shape index (κ3) is 4.28. The van der Waals surface area contributed by atoms with Crippen LogP contribution in [-0.4, -0.2) is 58.4 Å². The van der Waals surface area contributed by atoms with Gasteiger partial charge in [-0.15, -0.1) is 0 Å². The van der Waals surface area contributed by atoms with Crippen molar-refractivity contribution in [2.75, 3.05) is 31.2 Å². The fourth-order valence-corrected chi connectivity index (χ4v) is 4.08. The smallest absolute Gasteiger partial charge is 0.316 e. The highest BCUT2D eigenvalue weighted by Gasteiger charge is 2.25. The lowest BCUT2D eigenvalue weighted by Gasteiger charge is -2.31. The van der Waals surface area contributed by atoms with Gasteiger partial charge in [0.1, 0.15) is 18.2 Å². The molecule has 30 heavy (non-hydrogen) atoms. The maximum Gasteiger partial charge on any atom is 0.316 e. The molecule has 1 aromatic carbocycles. The van der Waals surface area contributed by atoms with E-state index in [1.807, 2.05) is 6.20 Å². The lowest BCUT2D eigenvalue weighted by molar-refractivity contribution is 0.0758. The van der Waals surface area contributed by atoms with E-state index >= 15 is 0 Å². The first kappa shape index (κ1) is 19.0. The molecular formula is C22H25N5O3. The maximum absolute atomic E-state index is 6.47. The SMILES string of the molecule is c1cnc(OC2CCC(Oc3cc(N4CCOCC4)cc4ncncc34)CC2)nc1. The molecule has 1 saturated carbocycles. The Balaban J connectivity index is 1.29. The largest absolute Gasteiger partial charge is 0.490 e. The van der Waals surface area contributed by atoms with Crippen LogP contribution >= 0.6 is 0 Å². The third-order valence-corrected chi connectivity index (χ3v) is 5.68. The van der Waals surface area contributed by atoms with Crippen molar-refractivity contribution in [3.8, 4) is 11.8 Å². The molecule has 0 radical (unpaired) electrons. The molecule has 0 bridgehead atoms. The van der Waals surface area contributed by atoms with Gasteiger partial charge in [-0.2, -0.15) is 0 Å². The van der Waals surface area contributed by atoms with Crippen LogP contribution in [0.15, 0.2) is 43.1 Å². The summed E-state index contributed by atoms with van der Waals surface area (Å²) < 4.78 is 17.9. The molecule has 8 nitrogen and oxygen atoms in total. The highest BCUT2D eigenvalue weighted by molar-refractivity contribution is 5.88. The van der Waals surface area contributed by atoms with E-state index in [1.165, 1.54) is 0 Å². The first-order valence-corrected chi connectivity index (χ1v) is 10.5. The molecule has 156 valence electrons. The van der Waals surface area contributed by atoms with E-state index in [9.17, 15) is 0 Å². The topological polar surface area (TPSA) is 82.5 Å². The van der Waals surface area contributed by atoms with Gasteiger partial charge in [-0.05, 0) is 37.8 Å². The molecule has 2 fully saturated rings. The van der Waals surface area contributed by atoms with Gasteiger partial charge in [-0.25, -0.2) is 19.9 Å². The molecule has 2 aromatic heterocycles. The van der Waals surface area contributed by atoms with Crippen LogP contribution in [0.2, 0.25) is 0 Å². The van der Waals surface area contributed by atoms with Crippen molar-refractivity contribution in [2.45, 2.75) is 37.9 Å². The quantitative estimate of drug-likeness (QED) is 0.638. The molecule has 5 rings (SSSR count). The number of hydrogen-bond donors (Lipinski definition) is 0. The Morgan fingerprint density at radius 2 is 1.63 bits per heavy atom. The Morgan fingerprint density at radius 3 is 2.40 bits per heavy atom. The standard InChI is InChI=1S/C22H25N5O3/c1-6-24-22(25-7-1)30-18-4-2-17(3-5-18)29-21-13-16(27-8-10-28-11-9-27)12-20-19(21)14-23-15-26-20/h1,6-7,12-15,17-18H,2-5,8-11H2. The lowest BCUT2D eigenvalue weighted by atomic mass is 9.95. The van der Waals surface area contributed by atoms with Crippen LogP contribution in [0.1, 0.15) is 25.7 Å². The number of ether oxygens (including phenoxy) is 3. The van der Waals surface area contributed by atoms with Crippen LogP contribution < -0.4 is 14.4 Å². The molecule has 1 aliphatic carbocycles. The summed E-state index contributed by atoms with van der Waals surface area (Å²) in [5.41, 5.74) is 2.03. The number of anilines is 1. The second-order valence-electron chi connectivity index (χ2n) is 7.66. The average molecular weight is 407 g/mol. The highest BCUT2D eigenvalue weighted by Crippen LogP contribution is 2.34. The third-order valence-electron chi connectivity index (χ3n) is 5.68. The van der Waals surface area contributed by atoms with Crippen molar-refractivity contribution in [1.82, 2.24) is 19.9 Å². The van der Waals surface area contributed by atoms with Crippen LogP contribution in [-0.2, 0) is 4.74 Å². The number of aromatic nitrogens is 4. The van der Waals surface area contributed by atoms with E-state index < -0.39 is 0 Å². The predicted molar refractivity (Wildman–Crippen MR) is 112 cm³/mol. The Kier molecular flexibility index (Phi) is 5.56. The van der Waals surface area contributed by atoms with Crippen LogP contribution in [0.4, 0.5) is 5.69 Å². The number of rotatable bonds is 5. The number of hydrogen-bond acceptors (Lipinski definition) is 8. The number of morpholine rings is 1. The molecule has 0 spiro atoms. The van der Waals surface area contributed by atoms with E-state index in [0.29, 0.717) is 6.01 Å². The van der Waals surface area contributed by atoms with Crippen molar-refractivity contribution in [1.29, 1.82) is 0 Å². The Hall–Kier alpha value is -3.00. The van der Waals surface area contributed by atoms with Crippen LogP contribution in [0, 0.1) is 0 Å². The summed E-state index contributed by atoms with van der Waals surface area (Å²) in [5, 5.41) is 0.950. The molecule has 0 unspecified atom stereocenters. The summed E-state index contributed by atoms with van der Waals surface area (Å²) in [5.74, 6) is 0.852. The summed E-state index contributed by atoms with van der Waals surface area (Å²) in [7, 11) is 0. The van der Waals surface area contributed by atoms with Crippen LogP contribution in [0.5, 0.6) is 11.8 Å². The zero-order valence-electron chi connectivity index (χ0n) is 16.8. The molecule has 1 aliphatic heterocycles. The van der Waals surface area contributed by atoms with Gasteiger partial charge in [0.2, 0.25) is 0 Å². The van der Waals surface area contributed by atoms with E-state index in [0.717, 1.165) is 74.3 Å². The normalized spacial score (nSPS) is 22.1. The summed E-state index contributed by atoms with van der Waals surface area (Å²) in [6.45, 7) is 3.24. The van der Waals surface area contributed by atoms with Gasteiger partial charge >= 0.3 is 6.01 Å². The minimum absolute atomic E-state index is 0.131. The van der Waals surface area contributed by atoms with Crippen LogP contribution in [0.25, 0.3) is 10.9 Å². The Morgan fingerprint density at radius 1 is 0.900 bits per heavy atom. The molecule has 0 atom stereocenters. The monoisotopic (exact) mass is 407 g/mol. The fraction of sp³-hybridized carbons (Fsp3) is 0.455. The van der Waals surface area contributed by atoms with Crippen molar-refractivity contribution < 1.29 is 14.2 Å². The maximum atomic E-state index is 6.47. The molecule has 1 saturated heterocycles. The summed E-state index contributed by atoms with van der Waals surface area (Å²) in [6, 6.07) is 6.47. The fourth-order valence-electron chi connectivity index (χ4n) is 4.08. The van der Waals surface area contributed by atoms with Gasteiger partial charge < -0.3 is 19.1 Å². The molecular weight excluding hydrogens is 382 g/mol.